The number of rotatable bonds is 3. The molecule has 3 fully saturated rings. The Balaban J connectivity index is 0.000000380. The molecule has 2 bridgehead atoms. The second-order valence-electron chi connectivity index (χ2n) is 15.4. The lowest BCUT2D eigenvalue weighted by atomic mass is 9.82. The van der Waals surface area contributed by atoms with E-state index in [-0.39, 0.29) is 42.0 Å². The van der Waals surface area contributed by atoms with Crippen LogP contribution in [0.4, 0.5) is 28.2 Å². The summed E-state index contributed by atoms with van der Waals surface area (Å²) in [5.74, 6) is 0.107. The van der Waals surface area contributed by atoms with E-state index in [4.69, 9.17) is 9.47 Å². The van der Waals surface area contributed by atoms with Crippen molar-refractivity contribution in [3.8, 4) is 17.3 Å². The Morgan fingerprint density at radius 1 is 1.00 bits per heavy atom. The summed E-state index contributed by atoms with van der Waals surface area (Å²) in [4.78, 5) is 33.0. The van der Waals surface area contributed by atoms with Crippen LogP contribution in [0.15, 0.2) is 24.4 Å². The molecule has 0 spiro atoms. The quantitative estimate of drug-likeness (QED) is 0.255. The van der Waals surface area contributed by atoms with Gasteiger partial charge in [0.15, 0.2) is 5.82 Å². The van der Waals surface area contributed by atoms with Gasteiger partial charge in [-0.1, -0.05) is 32.0 Å². The molecule has 3 saturated heterocycles. The minimum Gasteiger partial charge on any atom is -0.467 e. The number of aryl methyl sites for hydroxylation is 1. The largest absolute Gasteiger partial charge is 0.467 e. The maximum absolute atomic E-state index is 16.3. The molecule has 1 aromatic carbocycles. The predicted molar refractivity (Wildman–Crippen MR) is 186 cm³/mol. The predicted octanol–water partition coefficient (Wildman–Crippen LogP) is 7.93. The minimum absolute atomic E-state index is 0.0131. The van der Waals surface area contributed by atoms with Gasteiger partial charge in [0.2, 0.25) is 0 Å². The number of hydrogen-bond donors (Lipinski definition) is 0. The summed E-state index contributed by atoms with van der Waals surface area (Å²) >= 11 is 0. The van der Waals surface area contributed by atoms with Gasteiger partial charge in [0, 0.05) is 31.8 Å². The van der Waals surface area contributed by atoms with Gasteiger partial charge in [-0.15, -0.1) is 0 Å². The van der Waals surface area contributed by atoms with Gasteiger partial charge in [0.25, 0.3) is 0 Å². The van der Waals surface area contributed by atoms with Crippen LogP contribution in [0, 0.1) is 5.82 Å². The van der Waals surface area contributed by atoms with E-state index in [9.17, 15) is 18.0 Å². The molecule has 1 amide bonds. The van der Waals surface area contributed by atoms with Crippen molar-refractivity contribution in [2.24, 2.45) is 0 Å². The van der Waals surface area contributed by atoms with Crippen molar-refractivity contribution in [3.05, 3.63) is 41.3 Å². The molecule has 0 saturated carbocycles. The molecule has 2 atom stereocenters. The Labute approximate surface area is 292 Å². The molecule has 13 heteroatoms. The van der Waals surface area contributed by atoms with Crippen molar-refractivity contribution in [1.82, 2.24) is 24.8 Å². The summed E-state index contributed by atoms with van der Waals surface area (Å²) in [5.41, 5.74) is 3.10. The molecule has 3 aliphatic heterocycles. The van der Waals surface area contributed by atoms with Gasteiger partial charge in [-0.3, -0.25) is 9.88 Å². The summed E-state index contributed by atoms with van der Waals surface area (Å²) in [6.45, 7) is 14.0. The molecule has 0 N–H and O–H groups in total. The van der Waals surface area contributed by atoms with Crippen LogP contribution < -0.4 is 9.64 Å². The van der Waals surface area contributed by atoms with Crippen molar-refractivity contribution < 1.29 is 31.8 Å². The van der Waals surface area contributed by atoms with Gasteiger partial charge < -0.3 is 19.3 Å². The molecular formula is C37H50F4N6O3. The van der Waals surface area contributed by atoms with E-state index < -0.39 is 17.6 Å². The Morgan fingerprint density at radius 2 is 1.62 bits per heavy atom. The summed E-state index contributed by atoms with van der Waals surface area (Å²) in [7, 11) is 3.66. The number of pyridine rings is 1. The van der Waals surface area contributed by atoms with E-state index in [0.29, 0.717) is 30.0 Å². The third-order valence-corrected chi connectivity index (χ3v) is 9.64. The number of ether oxygens (including phenoxy) is 2. The summed E-state index contributed by atoms with van der Waals surface area (Å²) in [6, 6.07) is 6.14. The smallest absolute Gasteiger partial charge is 0.410 e. The number of amides is 1. The average Bonchev–Trinajstić information content (AvgIpc) is 3.70. The lowest BCUT2D eigenvalue weighted by molar-refractivity contribution is -0.110. The highest BCUT2D eigenvalue weighted by Crippen LogP contribution is 2.45. The third-order valence-electron chi connectivity index (χ3n) is 9.64. The normalized spacial score (nSPS) is 21.3. The number of hydrogen-bond acceptors (Lipinski definition) is 8. The number of halogens is 4. The zero-order chi connectivity index (χ0) is 36.6. The number of alkyl halides is 3. The highest BCUT2D eigenvalue weighted by atomic mass is 19.4. The number of carbonyl (C=O) groups excluding carboxylic acids is 1. The van der Waals surface area contributed by atoms with Gasteiger partial charge in [-0.2, -0.15) is 23.1 Å². The number of fused-ring (bicyclic) bond motifs is 4. The van der Waals surface area contributed by atoms with Crippen molar-refractivity contribution in [2.75, 3.05) is 45.2 Å². The Morgan fingerprint density at radius 3 is 2.16 bits per heavy atom. The number of anilines is 1. The van der Waals surface area contributed by atoms with E-state index >= 15 is 4.39 Å². The first-order chi connectivity index (χ1) is 23.4. The van der Waals surface area contributed by atoms with Gasteiger partial charge in [-0.25, -0.2) is 9.18 Å². The molecule has 2 unspecified atom stereocenters. The summed E-state index contributed by atoms with van der Waals surface area (Å²) in [5, 5.41) is 0.536. The van der Waals surface area contributed by atoms with Crippen LogP contribution in [-0.2, 0) is 16.6 Å². The van der Waals surface area contributed by atoms with Crippen LogP contribution in [0.2, 0.25) is 0 Å². The number of carbonyl (C=O) groups is 1. The number of likely N-dealkylation sites (tertiary alicyclic amines) is 1. The fourth-order valence-electron chi connectivity index (χ4n) is 7.48. The molecular weight excluding hydrogens is 652 g/mol. The molecule has 0 radical (unpaired) electrons. The minimum atomic E-state index is -4.00. The fraction of sp³-hybridized carbons (Fsp3) is 0.622. The molecule has 7 rings (SSSR count). The Bertz CT molecular complexity index is 1670. The van der Waals surface area contributed by atoms with Crippen molar-refractivity contribution in [1.29, 1.82) is 0 Å². The SMILES string of the molecule is CC(F)(F)F.CN1CCCC1.COc1nc(N2CC3CCC(C2)N3C(=O)OC(C)(C)C)c2cnc(-c3cccc4c3C(C)(C)CC4)c(F)c2n1. The van der Waals surface area contributed by atoms with E-state index in [1.807, 2.05) is 37.8 Å². The van der Waals surface area contributed by atoms with Gasteiger partial charge >= 0.3 is 18.3 Å². The maximum atomic E-state index is 16.3. The molecule has 4 aliphatic rings. The monoisotopic (exact) mass is 702 g/mol. The first-order valence-electron chi connectivity index (χ1n) is 17.4. The van der Waals surface area contributed by atoms with E-state index in [0.717, 1.165) is 36.8 Å². The van der Waals surface area contributed by atoms with Crippen LogP contribution in [0.1, 0.15) is 84.8 Å². The van der Waals surface area contributed by atoms with Crippen LogP contribution in [0.5, 0.6) is 6.01 Å². The number of benzene rings is 1. The van der Waals surface area contributed by atoms with E-state index in [1.54, 1.807) is 6.20 Å². The van der Waals surface area contributed by atoms with E-state index in [2.05, 4.69) is 51.7 Å². The summed E-state index contributed by atoms with van der Waals surface area (Å²) in [6.07, 6.45) is 3.99. The number of methoxy groups -OCH3 is 1. The lowest BCUT2D eigenvalue weighted by Gasteiger charge is -2.42. The molecule has 2 aromatic heterocycles. The second kappa shape index (κ2) is 14.5. The fourth-order valence-corrected chi connectivity index (χ4v) is 7.48. The van der Waals surface area contributed by atoms with E-state index in [1.165, 1.54) is 38.6 Å². The number of aromatic nitrogens is 3. The van der Waals surface area contributed by atoms with Crippen LogP contribution in [0.3, 0.4) is 0 Å². The van der Waals surface area contributed by atoms with Crippen LogP contribution in [-0.4, -0.2) is 95.0 Å². The highest BCUT2D eigenvalue weighted by Gasteiger charge is 2.45. The highest BCUT2D eigenvalue weighted by molar-refractivity contribution is 5.92. The topological polar surface area (TPSA) is 83.9 Å². The summed E-state index contributed by atoms with van der Waals surface area (Å²) < 4.78 is 58.5. The first-order valence-corrected chi connectivity index (χ1v) is 17.4. The molecule has 9 nitrogen and oxygen atoms in total. The molecule has 274 valence electrons. The van der Waals surface area contributed by atoms with Crippen LogP contribution in [0.25, 0.3) is 22.2 Å². The zero-order valence-corrected chi connectivity index (χ0v) is 30.5. The van der Waals surface area contributed by atoms with Gasteiger partial charge in [-0.05, 0) is 96.0 Å². The first kappa shape index (κ1) is 37.5. The maximum Gasteiger partial charge on any atom is 0.410 e. The van der Waals surface area contributed by atoms with Crippen molar-refractivity contribution in [2.45, 2.75) is 109 Å². The van der Waals surface area contributed by atoms with Crippen molar-refractivity contribution >= 4 is 22.8 Å². The Kier molecular flexibility index (Phi) is 10.9. The molecule has 50 heavy (non-hydrogen) atoms. The standard InChI is InChI=1S/C30H36FN5O3.C5H11N.C2H3F3/c1-29(2,3)39-28(37)36-18-10-11-19(36)16-35(15-18)26-21-14-32-24(23(31)25(21)33-27(34-26)38-6)20-9-7-8-17-12-13-30(4,5)22(17)20;1-6-4-2-3-5-6;1-2(3,4)5/h7-9,14,18-19H,10-13,15-16H2,1-6H3;2-5H2,1H3;1H3. The van der Waals surface area contributed by atoms with Crippen molar-refractivity contribution in [3.63, 3.8) is 0 Å². The lowest BCUT2D eigenvalue weighted by Crippen LogP contribution is -2.57. The van der Waals surface area contributed by atoms with Gasteiger partial charge in [0.1, 0.15) is 22.6 Å². The average molecular weight is 703 g/mol. The molecule has 1 aliphatic carbocycles. The third kappa shape index (κ3) is 8.58. The second-order valence-corrected chi connectivity index (χ2v) is 15.4. The van der Waals surface area contributed by atoms with Crippen LogP contribution >= 0.6 is 0 Å². The molecule has 5 heterocycles. The number of nitrogens with zero attached hydrogens (tertiary/aromatic N) is 6. The number of piperazine rings is 1. The zero-order valence-electron chi connectivity index (χ0n) is 30.5. The molecule has 3 aromatic rings. The van der Waals surface area contributed by atoms with Gasteiger partial charge in [0.05, 0.1) is 24.6 Å². The Hall–Kier alpha value is -3.74.